The van der Waals surface area contributed by atoms with E-state index in [1.54, 1.807) is 20.5 Å². The fourth-order valence-corrected chi connectivity index (χ4v) is 4.28. The van der Waals surface area contributed by atoms with Crippen LogP contribution in [-0.4, -0.2) is 28.8 Å². The summed E-state index contributed by atoms with van der Waals surface area (Å²) in [5, 5.41) is 4.57. The third kappa shape index (κ3) is 4.68. The summed E-state index contributed by atoms with van der Waals surface area (Å²) in [6.45, 7) is 2.81. The van der Waals surface area contributed by atoms with Crippen LogP contribution in [0.4, 0.5) is 5.82 Å². The van der Waals surface area contributed by atoms with E-state index >= 15 is 0 Å². The van der Waals surface area contributed by atoms with Crippen LogP contribution in [0.25, 0.3) is 22.3 Å². The van der Waals surface area contributed by atoms with E-state index in [1.807, 2.05) is 30.3 Å². The third-order valence-corrected chi connectivity index (χ3v) is 6.23. The molecule has 0 amide bonds. The first kappa shape index (κ1) is 22.5. The second-order valence-corrected chi connectivity index (χ2v) is 8.43. The van der Waals surface area contributed by atoms with Crippen molar-refractivity contribution in [2.75, 3.05) is 19.5 Å². The Hall–Kier alpha value is -4.32. The summed E-state index contributed by atoms with van der Waals surface area (Å²) < 4.78 is 12.9. The molecule has 1 atom stereocenters. The highest BCUT2D eigenvalue weighted by Crippen LogP contribution is 2.33. The lowest BCUT2D eigenvalue weighted by molar-refractivity contribution is 0.414. The molecule has 176 valence electrons. The van der Waals surface area contributed by atoms with Crippen molar-refractivity contribution in [2.45, 2.75) is 19.5 Å². The smallest absolute Gasteiger partial charge is 0.146 e. The number of hydrogen-bond acceptors (Lipinski definition) is 5. The first-order valence-corrected chi connectivity index (χ1v) is 11.6. The van der Waals surface area contributed by atoms with Gasteiger partial charge in [0.15, 0.2) is 0 Å². The van der Waals surface area contributed by atoms with E-state index in [4.69, 9.17) is 14.5 Å². The van der Waals surface area contributed by atoms with E-state index in [0.717, 1.165) is 45.2 Å². The molecule has 5 aromatic rings. The predicted molar refractivity (Wildman–Crippen MR) is 140 cm³/mol. The summed E-state index contributed by atoms with van der Waals surface area (Å²) in [6, 6.07) is 28.9. The average Bonchev–Trinajstić information content (AvgIpc) is 3.29. The predicted octanol–water partition coefficient (Wildman–Crippen LogP) is 6.34. The Morgan fingerprint density at radius 3 is 2.14 bits per heavy atom. The van der Waals surface area contributed by atoms with Crippen molar-refractivity contribution < 1.29 is 9.47 Å². The molecular formula is C29H28N4O2. The number of fused-ring (bicyclic) bond motifs is 1. The number of rotatable bonds is 8. The zero-order valence-electron chi connectivity index (χ0n) is 20.1. The molecule has 0 aliphatic carbocycles. The minimum atomic E-state index is 0.101. The first-order valence-electron chi connectivity index (χ1n) is 11.6. The molecule has 0 aliphatic heterocycles. The molecule has 0 saturated heterocycles. The van der Waals surface area contributed by atoms with Crippen LogP contribution in [0.5, 0.6) is 11.5 Å². The van der Waals surface area contributed by atoms with Crippen LogP contribution in [0.15, 0.2) is 91.3 Å². The lowest BCUT2D eigenvalue weighted by Crippen LogP contribution is -2.09. The summed E-state index contributed by atoms with van der Waals surface area (Å²) in [5.41, 5.74) is 5.38. The van der Waals surface area contributed by atoms with Gasteiger partial charge in [-0.15, -0.1) is 0 Å². The van der Waals surface area contributed by atoms with Gasteiger partial charge in [-0.2, -0.15) is 0 Å². The molecular weight excluding hydrogens is 436 g/mol. The van der Waals surface area contributed by atoms with Gasteiger partial charge in [0.2, 0.25) is 0 Å². The number of methoxy groups -OCH3 is 2. The molecule has 35 heavy (non-hydrogen) atoms. The average molecular weight is 465 g/mol. The highest BCUT2D eigenvalue weighted by molar-refractivity contribution is 5.92. The Bertz CT molecular complexity index is 1410. The fraction of sp³-hybridized carbons (Fsp3) is 0.172. The molecule has 6 heteroatoms. The van der Waals surface area contributed by atoms with Crippen LogP contribution in [0, 0.1) is 0 Å². The maximum Gasteiger partial charge on any atom is 0.146 e. The van der Waals surface area contributed by atoms with Gasteiger partial charge in [-0.25, -0.2) is 9.97 Å². The highest BCUT2D eigenvalue weighted by Gasteiger charge is 2.17. The van der Waals surface area contributed by atoms with Crippen molar-refractivity contribution in [1.82, 2.24) is 14.5 Å². The monoisotopic (exact) mass is 464 g/mol. The van der Waals surface area contributed by atoms with Gasteiger partial charge in [-0.1, -0.05) is 42.5 Å². The zero-order chi connectivity index (χ0) is 24.2. The molecule has 2 heterocycles. The van der Waals surface area contributed by atoms with Gasteiger partial charge in [0.1, 0.15) is 29.3 Å². The van der Waals surface area contributed by atoms with Gasteiger partial charge in [-0.3, -0.25) is 0 Å². The summed E-state index contributed by atoms with van der Waals surface area (Å²) in [6.07, 6.45) is 1.63. The van der Waals surface area contributed by atoms with E-state index in [9.17, 15) is 0 Å². The largest absolute Gasteiger partial charge is 0.497 e. The van der Waals surface area contributed by atoms with E-state index in [2.05, 4.69) is 76.4 Å². The zero-order valence-corrected chi connectivity index (χ0v) is 20.1. The van der Waals surface area contributed by atoms with E-state index in [1.165, 1.54) is 5.56 Å². The molecule has 0 fully saturated rings. The number of nitrogens with one attached hydrogen (secondary N) is 1. The van der Waals surface area contributed by atoms with Gasteiger partial charge in [0.25, 0.3) is 0 Å². The summed E-state index contributed by atoms with van der Waals surface area (Å²) in [5.74, 6) is 2.48. The normalized spacial score (nSPS) is 11.9. The Morgan fingerprint density at radius 1 is 0.829 bits per heavy atom. The van der Waals surface area contributed by atoms with Gasteiger partial charge >= 0.3 is 0 Å². The lowest BCUT2D eigenvalue weighted by atomic mass is 10.1. The minimum Gasteiger partial charge on any atom is -0.497 e. The second-order valence-electron chi connectivity index (χ2n) is 8.43. The Kier molecular flexibility index (Phi) is 6.35. The molecule has 2 aromatic heterocycles. The summed E-state index contributed by atoms with van der Waals surface area (Å²) in [4.78, 5) is 9.30. The maximum absolute atomic E-state index is 5.37. The second kappa shape index (κ2) is 9.89. The van der Waals surface area contributed by atoms with Crippen molar-refractivity contribution >= 4 is 16.9 Å². The van der Waals surface area contributed by atoms with Crippen molar-refractivity contribution in [1.29, 1.82) is 0 Å². The fourth-order valence-electron chi connectivity index (χ4n) is 4.28. The van der Waals surface area contributed by atoms with Gasteiger partial charge < -0.3 is 19.4 Å². The number of nitrogens with zero attached hydrogens (tertiary/aromatic N) is 3. The summed E-state index contributed by atoms with van der Waals surface area (Å²) >= 11 is 0. The number of anilines is 1. The van der Waals surface area contributed by atoms with Crippen LogP contribution < -0.4 is 14.8 Å². The molecule has 0 bridgehead atoms. The minimum absolute atomic E-state index is 0.101. The van der Waals surface area contributed by atoms with Gasteiger partial charge in [0, 0.05) is 12.6 Å². The Labute approximate surface area is 205 Å². The number of benzene rings is 3. The van der Waals surface area contributed by atoms with E-state index in [0.29, 0.717) is 6.54 Å². The van der Waals surface area contributed by atoms with Gasteiger partial charge in [0.05, 0.1) is 25.3 Å². The highest BCUT2D eigenvalue weighted by atomic mass is 16.5. The molecule has 0 spiro atoms. The standard InChI is InChI=1S/C29H28N4O2/c1-20(22-7-5-4-6-8-22)32-28-26-17-27(23-11-15-25(35-3)16-12-23)33(29(26)31-19-30-28)18-21-9-13-24(34-2)14-10-21/h4-17,19-20H,18H2,1-3H3,(H,30,31,32)/t20-/m0/s1. The summed E-state index contributed by atoms with van der Waals surface area (Å²) in [7, 11) is 3.36. The SMILES string of the molecule is COc1ccc(Cn2c(-c3ccc(OC)cc3)cc3c(N[C@@H](C)c4ccccc4)ncnc32)cc1. The van der Waals surface area contributed by atoms with Crippen molar-refractivity contribution in [3.63, 3.8) is 0 Å². The topological polar surface area (TPSA) is 61.2 Å². The maximum atomic E-state index is 5.37. The number of hydrogen-bond donors (Lipinski definition) is 1. The Balaban J connectivity index is 1.59. The first-order chi connectivity index (χ1) is 17.2. The van der Waals surface area contributed by atoms with Crippen LogP contribution in [0.2, 0.25) is 0 Å². The number of aromatic nitrogens is 3. The molecule has 6 nitrogen and oxygen atoms in total. The molecule has 1 N–H and O–H groups in total. The quantitative estimate of drug-likeness (QED) is 0.290. The Morgan fingerprint density at radius 2 is 1.49 bits per heavy atom. The molecule has 0 saturated carbocycles. The van der Waals surface area contributed by atoms with Crippen molar-refractivity contribution in [3.05, 3.63) is 102 Å². The third-order valence-electron chi connectivity index (χ3n) is 6.23. The van der Waals surface area contributed by atoms with Gasteiger partial charge in [-0.05, 0) is 66.1 Å². The van der Waals surface area contributed by atoms with Crippen LogP contribution in [-0.2, 0) is 6.54 Å². The van der Waals surface area contributed by atoms with Crippen LogP contribution >= 0.6 is 0 Å². The molecule has 5 rings (SSSR count). The number of ether oxygens (including phenoxy) is 2. The van der Waals surface area contributed by atoms with E-state index in [-0.39, 0.29) is 6.04 Å². The molecule has 0 unspecified atom stereocenters. The van der Waals surface area contributed by atoms with Crippen molar-refractivity contribution in [3.8, 4) is 22.8 Å². The molecule has 0 aliphatic rings. The van der Waals surface area contributed by atoms with Crippen LogP contribution in [0.3, 0.4) is 0 Å². The lowest BCUT2D eigenvalue weighted by Gasteiger charge is -2.15. The molecule has 0 radical (unpaired) electrons. The van der Waals surface area contributed by atoms with Crippen molar-refractivity contribution in [2.24, 2.45) is 0 Å². The van der Waals surface area contributed by atoms with Crippen LogP contribution in [0.1, 0.15) is 24.1 Å². The molecule has 3 aromatic carbocycles. The van der Waals surface area contributed by atoms with E-state index < -0.39 is 0 Å².